The van der Waals surface area contributed by atoms with Crippen LogP contribution < -0.4 is 0 Å². The van der Waals surface area contributed by atoms with E-state index in [4.69, 9.17) is 28.4 Å². The molecule has 11 unspecified atom stereocenters. The molecule has 1 heterocycles. The summed E-state index contributed by atoms with van der Waals surface area (Å²) < 4.78 is 35.6. The molecule has 1 saturated heterocycles. The third-order valence-corrected chi connectivity index (χ3v) is 9.21. The topological polar surface area (TPSA) is 158 Å². The number of rotatable bonds is 7. The van der Waals surface area contributed by atoms with Gasteiger partial charge >= 0.3 is 35.8 Å². The Morgan fingerprint density at radius 3 is 2.02 bits per heavy atom. The van der Waals surface area contributed by atoms with Crippen LogP contribution in [0.5, 0.6) is 0 Å². The molecule has 246 valence electrons. The third-order valence-electron chi connectivity index (χ3n) is 9.21. The van der Waals surface area contributed by atoms with Crippen LogP contribution in [0.25, 0.3) is 0 Å². The Kier molecular flexibility index (Phi) is 11.2. The smallest absolute Gasteiger partial charge is 0.309 e. The Morgan fingerprint density at radius 1 is 0.886 bits per heavy atom. The van der Waals surface area contributed by atoms with Crippen molar-refractivity contribution in [1.29, 1.82) is 0 Å². The molecule has 12 heteroatoms. The highest BCUT2D eigenvalue weighted by atomic mass is 16.6. The largest absolute Gasteiger partial charge is 0.462 e. The molecule has 1 saturated carbocycles. The molecule has 0 N–H and O–H groups in total. The van der Waals surface area contributed by atoms with Crippen LogP contribution in [0.2, 0.25) is 0 Å². The van der Waals surface area contributed by atoms with Crippen molar-refractivity contribution >= 4 is 35.8 Å². The fraction of sp³-hybridized carbons (Fsp3) is 0.750. The van der Waals surface area contributed by atoms with Crippen LogP contribution in [-0.2, 0) is 57.2 Å². The summed E-state index contributed by atoms with van der Waals surface area (Å²) in [5.74, 6) is -6.37. The molecule has 0 aromatic carbocycles. The monoisotopic (exact) mass is 622 g/mol. The van der Waals surface area contributed by atoms with Crippen LogP contribution in [0.4, 0.5) is 0 Å². The van der Waals surface area contributed by atoms with E-state index in [0.717, 1.165) is 0 Å². The Morgan fingerprint density at radius 2 is 1.48 bits per heavy atom. The maximum absolute atomic E-state index is 13.0. The summed E-state index contributed by atoms with van der Waals surface area (Å²) in [5.41, 5.74) is -0.708. The lowest BCUT2D eigenvalue weighted by molar-refractivity contribution is -0.246. The molecular formula is C32H46O12. The van der Waals surface area contributed by atoms with Crippen LogP contribution in [0, 0.1) is 29.1 Å². The van der Waals surface area contributed by atoms with Gasteiger partial charge in [-0.25, -0.2) is 0 Å². The van der Waals surface area contributed by atoms with E-state index in [2.05, 4.69) is 0 Å². The number of carbonyl (C=O) groups excluding carboxylic acids is 6. The standard InChI is InChI=1S/C32H46O12/c1-10-11-26(37)43-24-13-15(2)12-23-27(17(4)31(38)44-23)29(41-20(7)35)28-16(3)22(39-18(5)33)14-25(40-19(6)34)32(28,9)30(24)42-21(8)36/h12,16-17,22-25,27-30H,10-11,13-14H2,1-9H3/b15-12-. The number of fused-ring (bicyclic) bond motifs is 2. The predicted octanol–water partition coefficient (Wildman–Crippen LogP) is 3.62. The van der Waals surface area contributed by atoms with Crippen molar-refractivity contribution in [3.8, 4) is 0 Å². The van der Waals surface area contributed by atoms with Crippen LogP contribution in [-0.4, -0.2) is 72.4 Å². The second-order valence-corrected chi connectivity index (χ2v) is 12.6. The second-order valence-electron chi connectivity index (χ2n) is 12.6. The van der Waals surface area contributed by atoms with Gasteiger partial charge in [0.25, 0.3) is 0 Å². The van der Waals surface area contributed by atoms with Gasteiger partial charge in [-0.15, -0.1) is 0 Å². The van der Waals surface area contributed by atoms with Crippen molar-refractivity contribution in [3.63, 3.8) is 0 Å². The normalized spacial score (nSPS) is 37.9. The Balaban J connectivity index is 2.43. The zero-order chi connectivity index (χ0) is 33.1. The van der Waals surface area contributed by atoms with Gasteiger partial charge in [-0.3, -0.25) is 28.8 Å². The molecule has 0 aromatic heterocycles. The lowest BCUT2D eigenvalue weighted by atomic mass is 9.53. The summed E-state index contributed by atoms with van der Waals surface area (Å²) in [6.07, 6.45) is -3.49. The number of hydrogen-bond acceptors (Lipinski definition) is 12. The SMILES string of the molecule is CCCC(=O)OC1C/C(C)=C\C2OC(=O)C(C)C2C(OC(C)=O)C2C(C)C(OC(C)=O)CC(OC(C)=O)C2(C)C1OC(C)=O. The van der Waals surface area contributed by atoms with Gasteiger partial charge in [0.2, 0.25) is 0 Å². The number of esters is 6. The summed E-state index contributed by atoms with van der Waals surface area (Å²) in [4.78, 5) is 76.4. The van der Waals surface area contributed by atoms with Gasteiger partial charge in [-0.05, 0) is 19.4 Å². The maximum Gasteiger partial charge on any atom is 0.309 e. The summed E-state index contributed by atoms with van der Waals surface area (Å²) in [7, 11) is 0. The van der Waals surface area contributed by atoms with Crippen molar-refractivity contribution < 1.29 is 57.2 Å². The van der Waals surface area contributed by atoms with Crippen LogP contribution >= 0.6 is 0 Å². The molecule has 3 aliphatic rings. The van der Waals surface area contributed by atoms with Gasteiger partial charge in [-0.2, -0.15) is 0 Å². The molecule has 0 aromatic rings. The van der Waals surface area contributed by atoms with E-state index < -0.39 is 102 Å². The quantitative estimate of drug-likeness (QED) is 0.231. The van der Waals surface area contributed by atoms with Crippen molar-refractivity contribution in [1.82, 2.24) is 0 Å². The molecule has 1 aliphatic heterocycles. The Hall–Kier alpha value is -3.44. The number of ether oxygens (including phenoxy) is 6. The molecule has 2 aliphatic carbocycles. The predicted molar refractivity (Wildman–Crippen MR) is 153 cm³/mol. The van der Waals surface area contributed by atoms with Gasteiger partial charge in [0.15, 0.2) is 0 Å². The van der Waals surface area contributed by atoms with Crippen LogP contribution in [0.3, 0.4) is 0 Å². The van der Waals surface area contributed by atoms with E-state index in [0.29, 0.717) is 12.0 Å². The zero-order valence-corrected chi connectivity index (χ0v) is 27.1. The molecule has 0 radical (unpaired) electrons. The van der Waals surface area contributed by atoms with E-state index in [1.54, 1.807) is 26.8 Å². The maximum atomic E-state index is 13.0. The molecule has 11 atom stereocenters. The highest BCUT2D eigenvalue weighted by molar-refractivity contribution is 5.76. The molecule has 44 heavy (non-hydrogen) atoms. The van der Waals surface area contributed by atoms with Gasteiger partial charge in [0.1, 0.15) is 36.6 Å². The first-order valence-electron chi connectivity index (χ1n) is 15.3. The zero-order valence-electron chi connectivity index (χ0n) is 27.1. The summed E-state index contributed by atoms with van der Waals surface area (Å²) in [6, 6.07) is 0. The average molecular weight is 623 g/mol. The number of carbonyl (C=O) groups is 6. The molecule has 3 rings (SSSR count). The molecule has 0 bridgehead atoms. The third kappa shape index (κ3) is 7.43. The minimum Gasteiger partial charge on any atom is -0.462 e. The Bertz CT molecular complexity index is 1180. The van der Waals surface area contributed by atoms with E-state index in [1.807, 2.05) is 13.8 Å². The highest BCUT2D eigenvalue weighted by Gasteiger charge is 2.66. The Labute approximate surface area is 258 Å². The first-order valence-corrected chi connectivity index (χ1v) is 15.3. The van der Waals surface area contributed by atoms with Gasteiger partial charge in [0, 0.05) is 58.8 Å². The van der Waals surface area contributed by atoms with Gasteiger partial charge < -0.3 is 28.4 Å². The van der Waals surface area contributed by atoms with Crippen molar-refractivity contribution in [2.75, 3.05) is 0 Å². The van der Waals surface area contributed by atoms with Crippen molar-refractivity contribution in [2.24, 2.45) is 29.1 Å². The lowest BCUT2D eigenvalue weighted by Crippen LogP contribution is -2.67. The fourth-order valence-electron chi connectivity index (χ4n) is 7.51. The van der Waals surface area contributed by atoms with Gasteiger partial charge in [-0.1, -0.05) is 33.3 Å². The van der Waals surface area contributed by atoms with Crippen LogP contribution in [0.15, 0.2) is 11.6 Å². The molecule has 0 spiro atoms. The molecular weight excluding hydrogens is 576 g/mol. The van der Waals surface area contributed by atoms with E-state index in [-0.39, 0.29) is 19.3 Å². The van der Waals surface area contributed by atoms with E-state index >= 15 is 0 Å². The highest BCUT2D eigenvalue weighted by Crippen LogP contribution is 2.56. The lowest BCUT2D eigenvalue weighted by Gasteiger charge is -2.58. The van der Waals surface area contributed by atoms with Crippen LogP contribution in [0.1, 0.15) is 88.0 Å². The molecule has 12 nitrogen and oxygen atoms in total. The second kappa shape index (κ2) is 14.1. The summed E-state index contributed by atoms with van der Waals surface area (Å²) in [6.45, 7) is 13.8. The number of hydrogen-bond donors (Lipinski definition) is 0. The minimum atomic E-state index is -1.39. The summed E-state index contributed by atoms with van der Waals surface area (Å²) >= 11 is 0. The summed E-state index contributed by atoms with van der Waals surface area (Å²) in [5, 5.41) is 0. The molecule has 2 fully saturated rings. The van der Waals surface area contributed by atoms with Gasteiger partial charge in [0.05, 0.1) is 17.3 Å². The first kappa shape index (κ1) is 35.0. The minimum absolute atomic E-state index is 0.0292. The van der Waals surface area contributed by atoms with Crippen molar-refractivity contribution in [3.05, 3.63) is 11.6 Å². The van der Waals surface area contributed by atoms with E-state index in [1.165, 1.54) is 27.7 Å². The fourth-order valence-corrected chi connectivity index (χ4v) is 7.51. The van der Waals surface area contributed by atoms with E-state index in [9.17, 15) is 28.8 Å². The average Bonchev–Trinajstić information content (AvgIpc) is 3.15. The first-order chi connectivity index (χ1) is 20.5. The van der Waals surface area contributed by atoms with Crippen molar-refractivity contribution in [2.45, 2.75) is 125 Å². The molecule has 0 amide bonds.